The molecular weight excluding hydrogens is 200 g/mol. The molecule has 3 nitrogen and oxygen atoms in total. The quantitative estimate of drug-likeness (QED) is 0.799. The minimum atomic E-state index is 0.436. The lowest BCUT2D eigenvalue weighted by molar-refractivity contribution is 0.415. The molecule has 14 heavy (non-hydrogen) atoms. The van der Waals surface area contributed by atoms with Crippen molar-refractivity contribution in [3.05, 3.63) is 28.9 Å². The normalized spacial score (nSPS) is 10.8. The summed E-state index contributed by atoms with van der Waals surface area (Å²) in [7, 11) is 1.63. The molecular formula is C10H11ClN2O. The van der Waals surface area contributed by atoms with Crippen molar-refractivity contribution in [1.82, 2.24) is 4.98 Å². The first-order chi connectivity index (χ1) is 6.76. The molecule has 0 radical (unpaired) electrons. The Hall–Kier alpha value is -1.19. The zero-order chi connectivity index (χ0) is 10.1. The van der Waals surface area contributed by atoms with Crippen molar-refractivity contribution in [2.75, 3.05) is 7.11 Å². The van der Waals surface area contributed by atoms with E-state index >= 15 is 0 Å². The molecule has 0 atom stereocenters. The Morgan fingerprint density at radius 3 is 2.93 bits per heavy atom. The average Bonchev–Trinajstić information content (AvgIpc) is 2.51. The standard InChI is InChI=1S/C10H11ClN2O/c1-14-6-2-3-7-8(5-12)10(11)13-9(7)4-6/h2-4,13H,5,12H2,1H3. The number of halogens is 1. The van der Waals surface area contributed by atoms with Gasteiger partial charge in [-0.25, -0.2) is 0 Å². The average molecular weight is 211 g/mol. The maximum atomic E-state index is 5.99. The molecule has 2 rings (SSSR count). The molecule has 4 heteroatoms. The number of nitrogens with two attached hydrogens (primary N) is 1. The SMILES string of the molecule is COc1ccc2c(CN)c(Cl)[nH]c2c1. The Bertz CT molecular complexity index is 464. The van der Waals surface area contributed by atoms with E-state index < -0.39 is 0 Å². The molecule has 1 aromatic heterocycles. The predicted molar refractivity (Wildman–Crippen MR) is 57.8 cm³/mol. The first-order valence-electron chi connectivity index (χ1n) is 4.30. The van der Waals surface area contributed by atoms with E-state index in [1.54, 1.807) is 7.11 Å². The lowest BCUT2D eigenvalue weighted by Gasteiger charge is -1.99. The van der Waals surface area contributed by atoms with Crippen molar-refractivity contribution in [2.45, 2.75) is 6.54 Å². The maximum Gasteiger partial charge on any atom is 0.120 e. The summed E-state index contributed by atoms with van der Waals surface area (Å²) in [6.07, 6.45) is 0. The van der Waals surface area contributed by atoms with Gasteiger partial charge in [-0.2, -0.15) is 0 Å². The van der Waals surface area contributed by atoms with Crippen LogP contribution in [0.1, 0.15) is 5.56 Å². The fraction of sp³-hybridized carbons (Fsp3) is 0.200. The Labute approximate surface area is 86.8 Å². The summed E-state index contributed by atoms with van der Waals surface area (Å²) >= 11 is 5.99. The van der Waals surface area contributed by atoms with E-state index in [1.807, 2.05) is 18.2 Å². The molecule has 0 spiro atoms. The molecule has 0 aliphatic rings. The first kappa shape index (κ1) is 9.37. The van der Waals surface area contributed by atoms with Crippen LogP contribution in [0.5, 0.6) is 5.75 Å². The minimum Gasteiger partial charge on any atom is -0.497 e. The predicted octanol–water partition coefficient (Wildman–Crippen LogP) is 2.29. The number of aromatic amines is 1. The third-order valence-electron chi connectivity index (χ3n) is 2.27. The highest BCUT2D eigenvalue weighted by Crippen LogP contribution is 2.28. The van der Waals surface area contributed by atoms with Gasteiger partial charge in [0.25, 0.3) is 0 Å². The van der Waals surface area contributed by atoms with Crippen LogP contribution in [0.3, 0.4) is 0 Å². The van der Waals surface area contributed by atoms with Crippen LogP contribution in [-0.4, -0.2) is 12.1 Å². The summed E-state index contributed by atoms with van der Waals surface area (Å²) in [5.74, 6) is 0.805. The van der Waals surface area contributed by atoms with E-state index in [-0.39, 0.29) is 0 Å². The highest BCUT2D eigenvalue weighted by Gasteiger charge is 2.08. The maximum absolute atomic E-state index is 5.99. The molecule has 0 saturated carbocycles. The van der Waals surface area contributed by atoms with Gasteiger partial charge in [0.2, 0.25) is 0 Å². The van der Waals surface area contributed by atoms with Gasteiger partial charge < -0.3 is 15.5 Å². The van der Waals surface area contributed by atoms with Crippen LogP contribution in [0.2, 0.25) is 5.15 Å². The van der Waals surface area contributed by atoms with Crippen molar-refractivity contribution in [3.63, 3.8) is 0 Å². The van der Waals surface area contributed by atoms with Gasteiger partial charge in [-0.1, -0.05) is 11.6 Å². The molecule has 2 aromatic rings. The van der Waals surface area contributed by atoms with Crippen LogP contribution in [0, 0.1) is 0 Å². The topological polar surface area (TPSA) is 51.0 Å². The van der Waals surface area contributed by atoms with Crippen molar-refractivity contribution >= 4 is 22.5 Å². The second-order valence-electron chi connectivity index (χ2n) is 3.03. The third-order valence-corrected chi connectivity index (χ3v) is 2.59. The summed E-state index contributed by atoms with van der Waals surface area (Å²) < 4.78 is 5.11. The largest absolute Gasteiger partial charge is 0.497 e. The van der Waals surface area contributed by atoms with Gasteiger partial charge in [0.1, 0.15) is 10.9 Å². The van der Waals surface area contributed by atoms with Crippen LogP contribution < -0.4 is 10.5 Å². The number of H-pyrrole nitrogens is 1. The molecule has 0 unspecified atom stereocenters. The second-order valence-corrected chi connectivity index (χ2v) is 3.41. The van der Waals surface area contributed by atoms with Gasteiger partial charge in [0, 0.05) is 23.6 Å². The smallest absolute Gasteiger partial charge is 0.120 e. The molecule has 0 saturated heterocycles. The van der Waals surface area contributed by atoms with Crippen molar-refractivity contribution in [2.24, 2.45) is 5.73 Å². The van der Waals surface area contributed by atoms with E-state index in [2.05, 4.69) is 4.98 Å². The molecule has 0 amide bonds. The number of ether oxygens (including phenoxy) is 1. The van der Waals surface area contributed by atoms with Gasteiger partial charge in [0.05, 0.1) is 12.6 Å². The Balaban J connectivity index is 2.68. The molecule has 74 valence electrons. The molecule has 0 fully saturated rings. The first-order valence-corrected chi connectivity index (χ1v) is 4.68. The fourth-order valence-corrected chi connectivity index (χ4v) is 1.81. The van der Waals surface area contributed by atoms with E-state index in [9.17, 15) is 0 Å². The Morgan fingerprint density at radius 2 is 2.29 bits per heavy atom. The Morgan fingerprint density at radius 1 is 1.50 bits per heavy atom. The van der Waals surface area contributed by atoms with Gasteiger partial charge in [-0.15, -0.1) is 0 Å². The summed E-state index contributed by atoms with van der Waals surface area (Å²) in [6, 6.07) is 5.75. The number of fused-ring (bicyclic) bond motifs is 1. The molecule has 1 heterocycles. The van der Waals surface area contributed by atoms with Gasteiger partial charge >= 0.3 is 0 Å². The monoisotopic (exact) mass is 210 g/mol. The molecule has 0 bridgehead atoms. The zero-order valence-corrected chi connectivity index (χ0v) is 8.56. The number of aromatic nitrogens is 1. The number of benzene rings is 1. The molecule has 3 N–H and O–H groups in total. The summed E-state index contributed by atoms with van der Waals surface area (Å²) in [4.78, 5) is 3.06. The molecule has 1 aromatic carbocycles. The number of hydrogen-bond donors (Lipinski definition) is 2. The number of hydrogen-bond acceptors (Lipinski definition) is 2. The highest BCUT2D eigenvalue weighted by molar-refractivity contribution is 6.31. The Kier molecular flexibility index (Phi) is 2.35. The van der Waals surface area contributed by atoms with E-state index in [1.165, 1.54) is 0 Å². The number of nitrogens with one attached hydrogen (secondary N) is 1. The van der Waals surface area contributed by atoms with E-state index in [4.69, 9.17) is 22.1 Å². The summed E-state index contributed by atoms with van der Waals surface area (Å²) in [5, 5.41) is 1.66. The van der Waals surface area contributed by atoms with E-state index in [0.29, 0.717) is 11.7 Å². The second kappa shape index (κ2) is 3.52. The van der Waals surface area contributed by atoms with Crippen LogP contribution in [0.15, 0.2) is 18.2 Å². The van der Waals surface area contributed by atoms with Gasteiger partial charge in [-0.05, 0) is 12.1 Å². The van der Waals surface area contributed by atoms with Crippen LogP contribution in [0.25, 0.3) is 10.9 Å². The molecule has 0 aliphatic heterocycles. The van der Waals surface area contributed by atoms with Crippen molar-refractivity contribution in [1.29, 1.82) is 0 Å². The van der Waals surface area contributed by atoms with Crippen LogP contribution >= 0.6 is 11.6 Å². The van der Waals surface area contributed by atoms with Crippen LogP contribution in [-0.2, 0) is 6.54 Å². The number of rotatable bonds is 2. The summed E-state index contributed by atoms with van der Waals surface area (Å²) in [5.41, 5.74) is 7.50. The van der Waals surface area contributed by atoms with Crippen molar-refractivity contribution in [3.8, 4) is 5.75 Å². The third kappa shape index (κ3) is 1.35. The van der Waals surface area contributed by atoms with E-state index in [0.717, 1.165) is 22.2 Å². The minimum absolute atomic E-state index is 0.436. The van der Waals surface area contributed by atoms with Crippen molar-refractivity contribution < 1.29 is 4.74 Å². The lowest BCUT2D eigenvalue weighted by Crippen LogP contribution is -1.95. The zero-order valence-electron chi connectivity index (χ0n) is 7.80. The molecule has 0 aliphatic carbocycles. The number of methoxy groups -OCH3 is 1. The van der Waals surface area contributed by atoms with Gasteiger partial charge in [0.15, 0.2) is 0 Å². The van der Waals surface area contributed by atoms with Gasteiger partial charge in [-0.3, -0.25) is 0 Å². The highest BCUT2D eigenvalue weighted by atomic mass is 35.5. The van der Waals surface area contributed by atoms with Crippen LogP contribution in [0.4, 0.5) is 0 Å². The fourth-order valence-electron chi connectivity index (χ4n) is 1.53. The lowest BCUT2D eigenvalue weighted by atomic mass is 10.2. The summed E-state index contributed by atoms with van der Waals surface area (Å²) in [6.45, 7) is 0.436.